The number of nitrogens with one attached hydrogen (secondary N) is 1. The van der Waals surface area contributed by atoms with Gasteiger partial charge in [-0.1, -0.05) is 0 Å². The van der Waals surface area contributed by atoms with Gasteiger partial charge in [-0.25, -0.2) is 4.79 Å². The second kappa shape index (κ2) is 8.68. The van der Waals surface area contributed by atoms with Crippen LogP contribution < -0.4 is 5.32 Å². The first-order valence-corrected chi connectivity index (χ1v) is 5.08. The first kappa shape index (κ1) is 14.4. The molecule has 0 heterocycles. The number of carbonyl (C=O) groups is 2. The fourth-order valence-corrected chi connectivity index (χ4v) is 1.07. The highest BCUT2D eigenvalue weighted by molar-refractivity contribution is 5.84. The first-order valence-electron chi connectivity index (χ1n) is 5.08. The van der Waals surface area contributed by atoms with Gasteiger partial charge in [0.2, 0.25) is 5.91 Å². The molecule has 90 valence electrons. The number of unbranched alkanes of at least 4 members (excludes halogenated alkanes) is 1. The van der Waals surface area contributed by atoms with Crippen LogP contribution in [0.2, 0.25) is 0 Å². The van der Waals surface area contributed by atoms with E-state index in [4.69, 9.17) is 15.1 Å². The zero-order chi connectivity index (χ0) is 12.4. The number of ether oxygens (including phenoxy) is 1. The molecule has 1 atom stereocenters. The summed E-state index contributed by atoms with van der Waals surface area (Å²) in [6.07, 6.45) is 0.980. The van der Waals surface area contributed by atoms with E-state index in [1.54, 1.807) is 6.92 Å². The summed E-state index contributed by atoms with van der Waals surface area (Å²) in [6, 6.07) is 0.976. The molecule has 0 bridgehead atoms. The molecule has 0 aliphatic heterocycles. The molecule has 16 heavy (non-hydrogen) atoms. The molecular weight excluding hydrogens is 212 g/mol. The van der Waals surface area contributed by atoms with Crippen LogP contribution in [0.4, 0.5) is 0 Å². The summed E-state index contributed by atoms with van der Waals surface area (Å²) >= 11 is 0. The normalized spacial score (nSPS) is 11.5. The molecule has 1 amide bonds. The third-order valence-corrected chi connectivity index (χ3v) is 1.85. The SMILES string of the molecule is CCOCC(=O)N[C@H](CCCC#N)C(=O)O. The Labute approximate surface area is 94.2 Å². The highest BCUT2D eigenvalue weighted by Crippen LogP contribution is 2.00. The van der Waals surface area contributed by atoms with E-state index in [0.717, 1.165) is 0 Å². The Morgan fingerprint density at radius 3 is 2.75 bits per heavy atom. The van der Waals surface area contributed by atoms with Crippen LogP contribution in [0, 0.1) is 11.3 Å². The Morgan fingerprint density at radius 2 is 2.25 bits per heavy atom. The summed E-state index contributed by atoms with van der Waals surface area (Å²) in [5.41, 5.74) is 0. The standard InChI is InChI=1S/C10H16N2O4/c1-2-16-7-9(13)12-8(10(14)15)5-3-4-6-11/h8H,2-5,7H2,1H3,(H,12,13)(H,14,15)/t8-/m1/s1. The van der Waals surface area contributed by atoms with Crippen LogP contribution in [0.3, 0.4) is 0 Å². The number of nitriles is 1. The van der Waals surface area contributed by atoms with Gasteiger partial charge < -0.3 is 15.2 Å². The van der Waals surface area contributed by atoms with Crippen LogP contribution in [0.25, 0.3) is 0 Å². The van der Waals surface area contributed by atoms with E-state index in [1.165, 1.54) is 0 Å². The number of rotatable bonds is 8. The van der Waals surface area contributed by atoms with Crippen molar-refractivity contribution >= 4 is 11.9 Å². The average Bonchev–Trinajstić information content (AvgIpc) is 2.25. The molecule has 0 unspecified atom stereocenters. The van der Waals surface area contributed by atoms with Crippen molar-refractivity contribution in [2.24, 2.45) is 0 Å². The summed E-state index contributed by atoms with van der Waals surface area (Å²) in [7, 11) is 0. The molecule has 0 rings (SSSR count). The van der Waals surface area contributed by atoms with E-state index in [9.17, 15) is 9.59 Å². The zero-order valence-corrected chi connectivity index (χ0v) is 9.23. The second-order valence-corrected chi connectivity index (χ2v) is 3.15. The molecular formula is C10H16N2O4. The van der Waals surface area contributed by atoms with Crippen LogP contribution in [-0.4, -0.2) is 36.2 Å². The maximum absolute atomic E-state index is 11.2. The molecule has 6 nitrogen and oxygen atoms in total. The molecule has 0 saturated carbocycles. The van der Waals surface area contributed by atoms with E-state index in [1.807, 2.05) is 6.07 Å². The number of carbonyl (C=O) groups excluding carboxylic acids is 1. The Kier molecular flexibility index (Phi) is 7.81. The van der Waals surface area contributed by atoms with Crippen LogP contribution in [-0.2, 0) is 14.3 Å². The van der Waals surface area contributed by atoms with Crippen molar-refractivity contribution in [3.8, 4) is 6.07 Å². The molecule has 0 aromatic rings. The van der Waals surface area contributed by atoms with Crippen molar-refractivity contribution in [3.05, 3.63) is 0 Å². The average molecular weight is 228 g/mol. The smallest absolute Gasteiger partial charge is 0.326 e. The molecule has 0 spiro atoms. The zero-order valence-electron chi connectivity index (χ0n) is 9.23. The van der Waals surface area contributed by atoms with Crippen LogP contribution in [0.15, 0.2) is 0 Å². The number of nitrogens with zero attached hydrogens (tertiary/aromatic N) is 1. The van der Waals surface area contributed by atoms with Crippen LogP contribution >= 0.6 is 0 Å². The quantitative estimate of drug-likeness (QED) is 0.581. The predicted molar refractivity (Wildman–Crippen MR) is 55.5 cm³/mol. The maximum Gasteiger partial charge on any atom is 0.326 e. The van der Waals surface area contributed by atoms with Gasteiger partial charge in [0, 0.05) is 13.0 Å². The molecule has 6 heteroatoms. The lowest BCUT2D eigenvalue weighted by Crippen LogP contribution is -2.42. The van der Waals surface area contributed by atoms with Gasteiger partial charge in [-0.15, -0.1) is 0 Å². The van der Waals surface area contributed by atoms with E-state index in [2.05, 4.69) is 5.32 Å². The summed E-state index contributed by atoms with van der Waals surface area (Å²) in [5.74, 6) is -1.55. The molecule has 0 saturated heterocycles. The minimum atomic E-state index is -1.09. The first-order chi connectivity index (χ1) is 7.61. The Morgan fingerprint density at radius 1 is 1.56 bits per heavy atom. The van der Waals surface area contributed by atoms with Gasteiger partial charge in [0.1, 0.15) is 12.6 Å². The van der Waals surface area contributed by atoms with Gasteiger partial charge in [-0.3, -0.25) is 4.79 Å². The van der Waals surface area contributed by atoms with Gasteiger partial charge in [-0.05, 0) is 19.8 Å². The minimum absolute atomic E-state index is 0.140. The Bertz CT molecular complexity index is 272. The number of aliphatic carboxylic acids is 1. The lowest BCUT2D eigenvalue weighted by molar-refractivity contribution is -0.142. The molecule has 0 fully saturated rings. The van der Waals surface area contributed by atoms with Crippen LogP contribution in [0.5, 0.6) is 0 Å². The fourth-order valence-electron chi connectivity index (χ4n) is 1.07. The highest BCUT2D eigenvalue weighted by Gasteiger charge is 2.18. The number of carboxylic acids is 1. The fraction of sp³-hybridized carbons (Fsp3) is 0.700. The Hall–Kier alpha value is -1.61. The number of hydrogen-bond donors (Lipinski definition) is 2. The van der Waals surface area contributed by atoms with Crippen molar-refractivity contribution < 1.29 is 19.4 Å². The van der Waals surface area contributed by atoms with Crippen molar-refractivity contribution in [1.82, 2.24) is 5.32 Å². The topological polar surface area (TPSA) is 99.4 Å². The summed E-state index contributed by atoms with van der Waals surface area (Å²) in [5, 5.41) is 19.5. The lowest BCUT2D eigenvalue weighted by atomic mass is 10.1. The van der Waals surface area contributed by atoms with Gasteiger partial charge in [0.25, 0.3) is 0 Å². The van der Waals surface area contributed by atoms with Gasteiger partial charge >= 0.3 is 5.97 Å². The molecule has 0 aromatic carbocycles. The van der Waals surface area contributed by atoms with E-state index >= 15 is 0 Å². The predicted octanol–water partition coefficient (Wildman–Crippen LogP) is 0.286. The third-order valence-electron chi connectivity index (χ3n) is 1.85. The van der Waals surface area contributed by atoms with Gasteiger partial charge in [-0.2, -0.15) is 5.26 Å². The van der Waals surface area contributed by atoms with Crippen molar-refractivity contribution in [3.63, 3.8) is 0 Å². The largest absolute Gasteiger partial charge is 0.480 e. The summed E-state index contributed by atoms with van der Waals surface area (Å²) < 4.78 is 4.84. The number of carboxylic acid groups (broad SMARTS) is 1. The van der Waals surface area contributed by atoms with Crippen molar-refractivity contribution in [2.45, 2.75) is 32.2 Å². The molecule has 0 radical (unpaired) electrons. The van der Waals surface area contributed by atoms with E-state index < -0.39 is 17.9 Å². The second-order valence-electron chi connectivity index (χ2n) is 3.15. The van der Waals surface area contributed by atoms with Gasteiger partial charge in [0.05, 0.1) is 6.07 Å². The molecule has 0 aromatic heterocycles. The molecule has 0 aliphatic rings. The minimum Gasteiger partial charge on any atom is -0.480 e. The van der Waals surface area contributed by atoms with Crippen molar-refractivity contribution in [2.75, 3.05) is 13.2 Å². The van der Waals surface area contributed by atoms with Gasteiger partial charge in [0.15, 0.2) is 0 Å². The van der Waals surface area contributed by atoms with E-state index in [0.29, 0.717) is 13.0 Å². The maximum atomic E-state index is 11.2. The van der Waals surface area contributed by atoms with Crippen LogP contribution in [0.1, 0.15) is 26.2 Å². The molecule has 2 N–H and O–H groups in total. The van der Waals surface area contributed by atoms with Crippen molar-refractivity contribution in [1.29, 1.82) is 5.26 Å². The number of hydrogen-bond acceptors (Lipinski definition) is 4. The number of amides is 1. The summed E-state index contributed by atoms with van der Waals surface area (Å²) in [6.45, 7) is 2.01. The van der Waals surface area contributed by atoms with E-state index in [-0.39, 0.29) is 19.4 Å². The highest BCUT2D eigenvalue weighted by atomic mass is 16.5. The monoisotopic (exact) mass is 228 g/mol. The summed E-state index contributed by atoms with van der Waals surface area (Å²) in [4.78, 5) is 21.9. The Balaban J connectivity index is 3.98. The molecule has 0 aliphatic carbocycles. The third kappa shape index (κ3) is 6.79. The lowest BCUT2D eigenvalue weighted by Gasteiger charge is -2.13.